The second kappa shape index (κ2) is 3.88. The third-order valence-corrected chi connectivity index (χ3v) is 3.83. The number of thiophene rings is 1. The zero-order valence-corrected chi connectivity index (χ0v) is 9.92. The van der Waals surface area contributed by atoms with Crippen molar-refractivity contribution in [2.24, 2.45) is 0 Å². The van der Waals surface area contributed by atoms with E-state index in [-0.39, 0.29) is 6.04 Å². The lowest BCUT2D eigenvalue weighted by Crippen LogP contribution is -2.03. The lowest BCUT2D eigenvalue weighted by Gasteiger charge is -2.10. The quantitative estimate of drug-likeness (QED) is 0.796. The summed E-state index contributed by atoms with van der Waals surface area (Å²) in [5.74, 6) is 0. The molecule has 0 aliphatic heterocycles. The molecule has 0 amide bonds. The molecular weight excluding hydrogens is 236 g/mol. The number of aromatic amines is 1. The monoisotopic (exact) mass is 244 g/mol. The van der Waals surface area contributed by atoms with E-state index in [0.29, 0.717) is 0 Å². The number of hydrogen-bond donors (Lipinski definition) is 1. The highest BCUT2D eigenvalue weighted by Crippen LogP contribution is 2.28. The first-order valence-corrected chi connectivity index (χ1v) is 5.79. The number of hydrogen-bond acceptors (Lipinski definition) is 2. The van der Waals surface area contributed by atoms with Crippen LogP contribution in [-0.2, 0) is 0 Å². The number of rotatable bonds is 2. The summed E-state index contributed by atoms with van der Waals surface area (Å²) in [6, 6.07) is 4.19. The maximum Gasteiger partial charge on any atom is 0.177 e. The molecule has 1 N–H and O–H groups in total. The molecule has 0 aliphatic carbocycles. The average molecular weight is 245 g/mol. The first-order chi connectivity index (χ1) is 6.68. The maximum absolute atomic E-state index is 5.88. The van der Waals surface area contributed by atoms with Gasteiger partial charge in [-0.1, -0.05) is 11.6 Å². The second-order valence-electron chi connectivity index (χ2n) is 2.99. The van der Waals surface area contributed by atoms with Gasteiger partial charge in [0.05, 0.1) is 10.4 Å². The van der Waals surface area contributed by atoms with Crippen molar-refractivity contribution >= 4 is 35.2 Å². The molecule has 14 heavy (non-hydrogen) atoms. The summed E-state index contributed by atoms with van der Waals surface area (Å²) >= 11 is 12.6. The molecule has 0 aromatic carbocycles. The van der Waals surface area contributed by atoms with Crippen LogP contribution in [0.3, 0.4) is 0 Å². The first-order valence-electron chi connectivity index (χ1n) is 4.19. The van der Waals surface area contributed by atoms with Crippen molar-refractivity contribution in [3.05, 3.63) is 38.5 Å². The van der Waals surface area contributed by atoms with E-state index in [2.05, 4.69) is 11.9 Å². The molecule has 0 radical (unpaired) electrons. The Hall–Kier alpha value is -0.580. The van der Waals surface area contributed by atoms with Gasteiger partial charge < -0.3 is 9.55 Å². The third kappa shape index (κ3) is 1.78. The number of nitrogens with one attached hydrogen (secondary N) is 1. The molecule has 0 aliphatic rings. The zero-order chi connectivity index (χ0) is 10.1. The van der Waals surface area contributed by atoms with Gasteiger partial charge in [-0.25, -0.2) is 0 Å². The first kappa shape index (κ1) is 9.96. The van der Waals surface area contributed by atoms with E-state index >= 15 is 0 Å². The molecule has 0 saturated heterocycles. The Labute approximate surface area is 96.2 Å². The molecule has 1 atom stereocenters. The van der Waals surface area contributed by atoms with Crippen LogP contribution >= 0.6 is 35.2 Å². The predicted molar refractivity (Wildman–Crippen MR) is 62.8 cm³/mol. The molecule has 0 spiro atoms. The molecule has 5 heteroatoms. The van der Waals surface area contributed by atoms with Crippen molar-refractivity contribution in [2.75, 3.05) is 0 Å². The Morgan fingerprint density at radius 1 is 1.57 bits per heavy atom. The summed E-state index contributed by atoms with van der Waals surface area (Å²) in [5.41, 5.74) is 0. The van der Waals surface area contributed by atoms with Crippen LogP contribution in [0.25, 0.3) is 0 Å². The largest absolute Gasteiger partial charge is 0.337 e. The molecule has 1 unspecified atom stereocenters. The van der Waals surface area contributed by atoms with Crippen molar-refractivity contribution in [1.29, 1.82) is 0 Å². The summed E-state index contributed by atoms with van der Waals surface area (Å²) in [7, 11) is 0. The van der Waals surface area contributed by atoms with Crippen LogP contribution in [0.15, 0.2) is 24.5 Å². The normalized spacial score (nSPS) is 13.0. The van der Waals surface area contributed by atoms with Crippen LogP contribution in [0.1, 0.15) is 17.8 Å². The fourth-order valence-electron chi connectivity index (χ4n) is 1.33. The molecule has 0 fully saturated rings. The minimum atomic E-state index is 0.242. The third-order valence-electron chi connectivity index (χ3n) is 2.10. The Bertz CT molecular complexity index is 483. The Kier molecular flexibility index (Phi) is 2.76. The van der Waals surface area contributed by atoms with Crippen LogP contribution in [0, 0.1) is 4.77 Å². The van der Waals surface area contributed by atoms with Crippen molar-refractivity contribution in [3.63, 3.8) is 0 Å². The molecule has 2 heterocycles. The number of halogens is 1. The van der Waals surface area contributed by atoms with E-state index in [1.165, 1.54) is 4.88 Å². The topological polar surface area (TPSA) is 20.7 Å². The summed E-state index contributed by atoms with van der Waals surface area (Å²) < 4.78 is 3.56. The van der Waals surface area contributed by atoms with Gasteiger partial charge in [0.25, 0.3) is 0 Å². The van der Waals surface area contributed by atoms with Crippen LogP contribution < -0.4 is 0 Å². The van der Waals surface area contributed by atoms with Crippen LogP contribution in [0.5, 0.6) is 0 Å². The van der Waals surface area contributed by atoms with E-state index in [0.717, 1.165) is 9.11 Å². The molecule has 0 saturated carbocycles. The van der Waals surface area contributed by atoms with E-state index < -0.39 is 0 Å². The van der Waals surface area contributed by atoms with Gasteiger partial charge in [-0.3, -0.25) is 0 Å². The average Bonchev–Trinajstić information content (AvgIpc) is 2.73. The fourth-order valence-corrected chi connectivity index (χ4v) is 2.72. The number of imidazole rings is 1. The predicted octanol–water partition coefficient (Wildman–Crippen LogP) is 3.87. The number of aromatic nitrogens is 2. The smallest absolute Gasteiger partial charge is 0.177 e. The molecular formula is C9H9ClN2S2. The van der Waals surface area contributed by atoms with Gasteiger partial charge in [-0.2, -0.15) is 0 Å². The Morgan fingerprint density at radius 3 is 2.86 bits per heavy atom. The summed E-state index contributed by atoms with van der Waals surface area (Å²) in [5, 5.41) is 0. The van der Waals surface area contributed by atoms with E-state index in [1.807, 2.05) is 29.1 Å². The number of nitrogens with zero attached hydrogens (tertiary/aromatic N) is 1. The van der Waals surface area contributed by atoms with Gasteiger partial charge in [0.2, 0.25) is 0 Å². The van der Waals surface area contributed by atoms with Gasteiger partial charge in [-0.15, -0.1) is 11.3 Å². The minimum absolute atomic E-state index is 0.242. The standard InChI is InChI=1S/C9H9ClN2S2/c1-6(7-2-3-8(10)14-7)12-5-4-11-9(12)13/h2-6H,1H3,(H,11,13). The summed E-state index contributed by atoms with van der Waals surface area (Å²) in [6.07, 6.45) is 3.79. The summed E-state index contributed by atoms with van der Waals surface area (Å²) in [4.78, 5) is 4.19. The van der Waals surface area contributed by atoms with Crippen molar-refractivity contribution < 1.29 is 0 Å². The van der Waals surface area contributed by atoms with Crippen LogP contribution in [0.4, 0.5) is 0 Å². The van der Waals surface area contributed by atoms with Crippen molar-refractivity contribution in [3.8, 4) is 0 Å². The molecule has 2 aromatic heterocycles. The summed E-state index contributed by atoms with van der Waals surface area (Å²) in [6.45, 7) is 2.10. The molecule has 2 aromatic rings. The van der Waals surface area contributed by atoms with E-state index in [1.54, 1.807) is 11.3 Å². The van der Waals surface area contributed by atoms with Gasteiger partial charge >= 0.3 is 0 Å². The Morgan fingerprint density at radius 2 is 2.36 bits per heavy atom. The Balaban J connectivity index is 2.38. The van der Waals surface area contributed by atoms with E-state index in [9.17, 15) is 0 Å². The SMILES string of the molecule is CC(c1ccc(Cl)s1)n1cc[nH]c1=S. The van der Waals surface area contributed by atoms with Crippen molar-refractivity contribution in [1.82, 2.24) is 9.55 Å². The zero-order valence-electron chi connectivity index (χ0n) is 7.53. The molecule has 2 rings (SSSR count). The van der Waals surface area contributed by atoms with Gasteiger partial charge in [0.1, 0.15) is 0 Å². The lowest BCUT2D eigenvalue weighted by molar-refractivity contribution is 0.641. The number of H-pyrrole nitrogens is 1. The molecule has 2 nitrogen and oxygen atoms in total. The maximum atomic E-state index is 5.88. The molecule has 74 valence electrons. The van der Waals surface area contributed by atoms with Gasteiger partial charge in [0.15, 0.2) is 4.77 Å². The fraction of sp³-hybridized carbons (Fsp3) is 0.222. The van der Waals surface area contributed by atoms with Crippen LogP contribution in [0.2, 0.25) is 4.34 Å². The van der Waals surface area contributed by atoms with Gasteiger partial charge in [-0.05, 0) is 31.3 Å². The highest BCUT2D eigenvalue weighted by Gasteiger charge is 2.10. The minimum Gasteiger partial charge on any atom is -0.337 e. The van der Waals surface area contributed by atoms with Gasteiger partial charge in [0, 0.05) is 17.3 Å². The van der Waals surface area contributed by atoms with Crippen LogP contribution in [-0.4, -0.2) is 9.55 Å². The van der Waals surface area contributed by atoms with Crippen molar-refractivity contribution in [2.45, 2.75) is 13.0 Å². The van der Waals surface area contributed by atoms with E-state index in [4.69, 9.17) is 23.8 Å². The molecule has 0 bridgehead atoms. The highest BCUT2D eigenvalue weighted by molar-refractivity contribution is 7.71. The lowest BCUT2D eigenvalue weighted by atomic mass is 10.3. The highest BCUT2D eigenvalue weighted by atomic mass is 35.5. The second-order valence-corrected chi connectivity index (χ2v) is 5.12.